The van der Waals surface area contributed by atoms with Crippen LogP contribution in [0.5, 0.6) is 0 Å². The largest absolute Gasteiger partial charge is 0.326 e. The molecule has 3 aromatic rings. The summed E-state index contributed by atoms with van der Waals surface area (Å²) in [6.07, 6.45) is 0.185. The highest BCUT2D eigenvalue weighted by Crippen LogP contribution is 2.29. The first-order valence-corrected chi connectivity index (χ1v) is 10.6. The van der Waals surface area contributed by atoms with Crippen LogP contribution in [-0.4, -0.2) is 24.3 Å². The zero-order valence-corrected chi connectivity index (χ0v) is 18.1. The fourth-order valence-corrected chi connectivity index (χ4v) is 3.80. The molecule has 1 fully saturated rings. The van der Waals surface area contributed by atoms with E-state index in [1.54, 1.807) is 41.3 Å². The van der Waals surface area contributed by atoms with Crippen LogP contribution in [0.15, 0.2) is 72.8 Å². The van der Waals surface area contributed by atoms with Gasteiger partial charge in [-0.15, -0.1) is 0 Å². The second-order valence-electron chi connectivity index (χ2n) is 8.08. The fourth-order valence-electron chi connectivity index (χ4n) is 3.80. The summed E-state index contributed by atoms with van der Waals surface area (Å²) >= 11 is 0. The smallest absolute Gasteiger partial charge is 0.255 e. The van der Waals surface area contributed by atoms with E-state index >= 15 is 0 Å². The minimum absolute atomic E-state index is 0.0437. The molecule has 6 nitrogen and oxygen atoms in total. The molecule has 0 saturated carbocycles. The van der Waals surface area contributed by atoms with Gasteiger partial charge in [0.25, 0.3) is 5.91 Å². The number of benzene rings is 3. The molecule has 0 bridgehead atoms. The summed E-state index contributed by atoms with van der Waals surface area (Å²) in [5, 5.41) is 5.71. The van der Waals surface area contributed by atoms with Crippen LogP contribution in [0.25, 0.3) is 0 Å². The lowest BCUT2D eigenvalue weighted by Crippen LogP contribution is -2.28. The molecule has 2 N–H and O–H groups in total. The van der Waals surface area contributed by atoms with Gasteiger partial charge in [-0.25, -0.2) is 0 Å². The third-order valence-corrected chi connectivity index (χ3v) is 5.60. The van der Waals surface area contributed by atoms with Crippen molar-refractivity contribution in [2.45, 2.75) is 20.3 Å². The van der Waals surface area contributed by atoms with E-state index in [1.165, 1.54) is 0 Å². The van der Waals surface area contributed by atoms with Gasteiger partial charge >= 0.3 is 0 Å². The van der Waals surface area contributed by atoms with E-state index in [4.69, 9.17) is 0 Å². The predicted molar refractivity (Wildman–Crippen MR) is 126 cm³/mol. The first kappa shape index (κ1) is 21.3. The van der Waals surface area contributed by atoms with Crippen molar-refractivity contribution < 1.29 is 14.4 Å². The average molecular weight is 428 g/mol. The molecule has 3 amide bonds. The molecule has 1 saturated heterocycles. The van der Waals surface area contributed by atoms with E-state index in [0.29, 0.717) is 23.5 Å². The number of aryl methyl sites for hydroxylation is 2. The highest BCUT2D eigenvalue weighted by molar-refractivity contribution is 6.05. The number of nitrogens with one attached hydrogen (secondary N) is 2. The summed E-state index contributed by atoms with van der Waals surface area (Å²) in [5.74, 6) is -0.844. The number of hydrogen-bond donors (Lipinski definition) is 2. The Kier molecular flexibility index (Phi) is 6.03. The van der Waals surface area contributed by atoms with Crippen LogP contribution >= 0.6 is 0 Å². The van der Waals surface area contributed by atoms with Gasteiger partial charge in [0.05, 0.1) is 5.92 Å². The van der Waals surface area contributed by atoms with Gasteiger partial charge < -0.3 is 15.5 Å². The lowest BCUT2D eigenvalue weighted by atomic mass is 10.1. The Labute approximate surface area is 187 Å². The zero-order chi connectivity index (χ0) is 22.7. The molecule has 0 aromatic heterocycles. The number of anilines is 3. The van der Waals surface area contributed by atoms with Gasteiger partial charge in [0.15, 0.2) is 0 Å². The van der Waals surface area contributed by atoms with Crippen LogP contribution in [0.3, 0.4) is 0 Å². The maximum Gasteiger partial charge on any atom is 0.255 e. The van der Waals surface area contributed by atoms with Crippen molar-refractivity contribution in [3.8, 4) is 0 Å². The van der Waals surface area contributed by atoms with Crippen molar-refractivity contribution in [1.29, 1.82) is 0 Å². The van der Waals surface area contributed by atoms with E-state index < -0.39 is 5.92 Å². The molecule has 0 aliphatic carbocycles. The summed E-state index contributed by atoms with van der Waals surface area (Å²) < 4.78 is 0. The molecule has 0 radical (unpaired) electrons. The number of carbonyl (C=O) groups is 3. The molecule has 3 aromatic carbocycles. The number of nitrogens with zero attached hydrogens (tertiary/aromatic N) is 1. The molecule has 1 aliphatic heterocycles. The summed E-state index contributed by atoms with van der Waals surface area (Å²) in [6, 6.07) is 21.9. The van der Waals surface area contributed by atoms with Gasteiger partial charge in [0.2, 0.25) is 11.8 Å². The normalized spacial score (nSPS) is 15.5. The summed E-state index contributed by atoms with van der Waals surface area (Å²) in [6.45, 7) is 4.31. The fraction of sp³-hybridized carbons (Fsp3) is 0.192. The van der Waals surface area contributed by atoms with Gasteiger partial charge in [0.1, 0.15) is 0 Å². The van der Waals surface area contributed by atoms with Crippen molar-refractivity contribution in [3.05, 3.63) is 89.5 Å². The lowest BCUT2D eigenvalue weighted by Gasteiger charge is -2.19. The molecule has 162 valence electrons. The maximum atomic E-state index is 12.8. The second kappa shape index (κ2) is 9.06. The lowest BCUT2D eigenvalue weighted by molar-refractivity contribution is -0.122. The average Bonchev–Trinajstić information content (AvgIpc) is 3.19. The van der Waals surface area contributed by atoms with E-state index in [0.717, 1.165) is 16.8 Å². The molecular weight excluding hydrogens is 402 g/mol. The molecule has 1 unspecified atom stereocenters. The Bertz CT molecular complexity index is 1160. The van der Waals surface area contributed by atoms with Crippen LogP contribution < -0.4 is 15.5 Å². The van der Waals surface area contributed by atoms with Gasteiger partial charge in [-0.05, 0) is 67.4 Å². The third kappa shape index (κ3) is 4.70. The van der Waals surface area contributed by atoms with E-state index in [1.807, 2.05) is 50.2 Å². The van der Waals surface area contributed by atoms with Crippen molar-refractivity contribution in [3.63, 3.8) is 0 Å². The minimum Gasteiger partial charge on any atom is -0.326 e. The van der Waals surface area contributed by atoms with Gasteiger partial charge in [-0.1, -0.05) is 30.3 Å². The number of rotatable bonds is 5. The van der Waals surface area contributed by atoms with Crippen LogP contribution in [-0.2, 0) is 9.59 Å². The van der Waals surface area contributed by atoms with Gasteiger partial charge in [-0.2, -0.15) is 0 Å². The first-order chi connectivity index (χ1) is 15.4. The standard InChI is InChI=1S/C26H25N3O3/c1-17-8-9-18(2)23(14-17)29-16-20(15-24(29)30)26(32)28-22-12-10-21(11-13-22)27-25(31)19-6-4-3-5-7-19/h3-14,20H,15-16H2,1-2H3,(H,27,31)(H,28,32). The Morgan fingerprint density at radius 1 is 0.875 bits per heavy atom. The number of hydrogen-bond acceptors (Lipinski definition) is 3. The Hall–Kier alpha value is -3.93. The molecule has 1 atom stereocenters. The van der Waals surface area contributed by atoms with Crippen LogP contribution in [0.4, 0.5) is 17.1 Å². The first-order valence-electron chi connectivity index (χ1n) is 10.6. The van der Waals surface area contributed by atoms with Crippen LogP contribution in [0, 0.1) is 19.8 Å². The Balaban J connectivity index is 1.37. The van der Waals surface area contributed by atoms with Gasteiger partial charge in [0, 0.05) is 35.6 Å². The summed E-state index contributed by atoms with van der Waals surface area (Å²) in [4.78, 5) is 39.3. The predicted octanol–water partition coefficient (Wildman–Crippen LogP) is 4.55. The Morgan fingerprint density at radius 3 is 2.22 bits per heavy atom. The molecule has 4 rings (SSSR count). The molecule has 32 heavy (non-hydrogen) atoms. The minimum atomic E-state index is -0.417. The molecule has 6 heteroatoms. The van der Waals surface area contributed by atoms with E-state index in [2.05, 4.69) is 10.6 Å². The molecule has 0 spiro atoms. The Morgan fingerprint density at radius 2 is 1.53 bits per heavy atom. The zero-order valence-electron chi connectivity index (χ0n) is 18.1. The second-order valence-corrected chi connectivity index (χ2v) is 8.08. The molecule has 1 heterocycles. The van der Waals surface area contributed by atoms with Crippen molar-refractivity contribution in [2.75, 3.05) is 22.1 Å². The highest BCUT2D eigenvalue weighted by atomic mass is 16.2. The summed E-state index contributed by atoms with van der Waals surface area (Å²) in [7, 11) is 0. The van der Waals surface area contributed by atoms with Crippen LogP contribution in [0.2, 0.25) is 0 Å². The van der Waals surface area contributed by atoms with Gasteiger partial charge in [-0.3, -0.25) is 14.4 Å². The van der Waals surface area contributed by atoms with Crippen molar-refractivity contribution in [1.82, 2.24) is 0 Å². The topological polar surface area (TPSA) is 78.5 Å². The molecular formula is C26H25N3O3. The van der Waals surface area contributed by atoms with E-state index in [9.17, 15) is 14.4 Å². The van der Waals surface area contributed by atoms with E-state index in [-0.39, 0.29) is 24.1 Å². The SMILES string of the molecule is Cc1ccc(C)c(N2CC(C(=O)Nc3ccc(NC(=O)c4ccccc4)cc3)CC2=O)c1. The third-order valence-electron chi connectivity index (χ3n) is 5.60. The molecule has 1 aliphatic rings. The van der Waals surface area contributed by atoms with Crippen LogP contribution in [0.1, 0.15) is 27.9 Å². The maximum absolute atomic E-state index is 12.8. The van der Waals surface area contributed by atoms with Crippen molar-refractivity contribution in [2.24, 2.45) is 5.92 Å². The number of carbonyl (C=O) groups excluding carboxylic acids is 3. The van der Waals surface area contributed by atoms with Crippen molar-refractivity contribution >= 4 is 34.8 Å². The summed E-state index contributed by atoms with van der Waals surface area (Å²) in [5.41, 5.74) is 4.77. The monoisotopic (exact) mass is 427 g/mol. The highest BCUT2D eigenvalue weighted by Gasteiger charge is 2.35. The quantitative estimate of drug-likeness (QED) is 0.627. The number of amides is 3.